The topological polar surface area (TPSA) is 58.2 Å². The van der Waals surface area contributed by atoms with Crippen LogP contribution in [0.25, 0.3) is 0 Å². The standard InChI is InChI=1S/C25H25ClN2O2S/c1-4-23(25(30)28-22-13-5-8-16(2)17(22)3)31-21-12-7-11-20(15-21)27-24(29)18-9-6-10-19(26)14-18/h5-15,23H,4H2,1-3H3,(H,27,29)(H,28,30). The van der Waals surface area contributed by atoms with Crippen LogP contribution in [0.3, 0.4) is 0 Å². The molecule has 0 saturated heterocycles. The van der Waals surface area contributed by atoms with E-state index >= 15 is 0 Å². The fourth-order valence-corrected chi connectivity index (χ4v) is 4.27. The third kappa shape index (κ3) is 6.12. The molecule has 0 aromatic heterocycles. The van der Waals surface area contributed by atoms with Crippen LogP contribution in [0.4, 0.5) is 11.4 Å². The molecule has 3 aromatic carbocycles. The Morgan fingerprint density at radius 2 is 1.71 bits per heavy atom. The highest BCUT2D eigenvalue weighted by atomic mass is 35.5. The minimum atomic E-state index is -0.251. The Hall–Kier alpha value is -2.76. The van der Waals surface area contributed by atoms with Crippen molar-refractivity contribution in [1.29, 1.82) is 0 Å². The molecule has 2 N–H and O–H groups in total. The lowest BCUT2D eigenvalue weighted by atomic mass is 10.1. The molecule has 1 atom stereocenters. The van der Waals surface area contributed by atoms with Gasteiger partial charge in [-0.25, -0.2) is 0 Å². The van der Waals surface area contributed by atoms with Gasteiger partial charge in [0.25, 0.3) is 5.91 Å². The van der Waals surface area contributed by atoms with Crippen molar-refractivity contribution in [1.82, 2.24) is 0 Å². The summed E-state index contributed by atoms with van der Waals surface area (Å²) in [5.74, 6) is -0.265. The van der Waals surface area contributed by atoms with Crippen LogP contribution < -0.4 is 10.6 Å². The normalized spacial score (nSPS) is 11.6. The number of halogens is 1. The molecule has 160 valence electrons. The smallest absolute Gasteiger partial charge is 0.255 e. The molecule has 0 aliphatic heterocycles. The van der Waals surface area contributed by atoms with Gasteiger partial charge in [0.2, 0.25) is 5.91 Å². The highest BCUT2D eigenvalue weighted by Gasteiger charge is 2.19. The van der Waals surface area contributed by atoms with Crippen LogP contribution in [0.15, 0.2) is 71.6 Å². The summed E-state index contributed by atoms with van der Waals surface area (Å²) in [5, 5.41) is 6.20. The molecule has 0 spiro atoms. The van der Waals surface area contributed by atoms with E-state index in [1.54, 1.807) is 24.3 Å². The predicted molar refractivity (Wildman–Crippen MR) is 130 cm³/mol. The molecule has 0 bridgehead atoms. The van der Waals surface area contributed by atoms with E-state index in [1.165, 1.54) is 11.8 Å². The summed E-state index contributed by atoms with van der Waals surface area (Å²) >= 11 is 7.46. The largest absolute Gasteiger partial charge is 0.325 e. The summed E-state index contributed by atoms with van der Waals surface area (Å²) in [4.78, 5) is 26.3. The van der Waals surface area contributed by atoms with Gasteiger partial charge in [-0.3, -0.25) is 9.59 Å². The van der Waals surface area contributed by atoms with Gasteiger partial charge in [-0.05, 0) is 73.9 Å². The molecule has 3 rings (SSSR count). The number of hydrogen-bond donors (Lipinski definition) is 2. The maximum atomic E-state index is 12.9. The van der Waals surface area contributed by atoms with Gasteiger partial charge in [-0.15, -0.1) is 11.8 Å². The second-order valence-corrected chi connectivity index (χ2v) is 8.96. The van der Waals surface area contributed by atoms with Gasteiger partial charge in [0.15, 0.2) is 0 Å². The first kappa shape index (κ1) is 22.9. The van der Waals surface area contributed by atoms with Crippen LogP contribution in [0.2, 0.25) is 5.02 Å². The van der Waals surface area contributed by atoms with Gasteiger partial charge >= 0.3 is 0 Å². The molecule has 0 saturated carbocycles. The van der Waals surface area contributed by atoms with Crippen molar-refractivity contribution >= 4 is 46.6 Å². The van der Waals surface area contributed by atoms with Crippen molar-refractivity contribution in [2.24, 2.45) is 0 Å². The molecule has 0 radical (unpaired) electrons. The summed E-state index contributed by atoms with van der Waals surface area (Å²) in [6.07, 6.45) is 0.681. The Kier molecular flexibility index (Phi) is 7.77. The summed E-state index contributed by atoms with van der Waals surface area (Å²) in [5.41, 5.74) is 4.21. The molecule has 6 heteroatoms. The van der Waals surface area contributed by atoms with E-state index in [2.05, 4.69) is 10.6 Å². The fraction of sp³-hybridized carbons (Fsp3) is 0.200. The average molecular weight is 453 g/mol. The summed E-state index contributed by atoms with van der Waals surface area (Å²) in [7, 11) is 0. The van der Waals surface area contributed by atoms with Crippen LogP contribution in [0.5, 0.6) is 0 Å². The quantitative estimate of drug-likeness (QED) is 0.391. The Labute approximate surface area is 192 Å². The Morgan fingerprint density at radius 1 is 0.968 bits per heavy atom. The van der Waals surface area contributed by atoms with Crippen LogP contribution in [-0.4, -0.2) is 17.1 Å². The van der Waals surface area contributed by atoms with Crippen LogP contribution in [0.1, 0.15) is 34.8 Å². The van der Waals surface area contributed by atoms with Crippen molar-refractivity contribution in [3.63, 3.8) is 0 Å². The van der Waals surface area contributed by atoms with E-state index in [9.17, 15) is 9.59 Å². The lowest BCUT2D eigenvalue weighted by Gasteiger charge is -2.17. The first-order chi connectivity index (χ1) is 14.9. The number of aryl methyl sites for hydroxylation is 1. The van der Waals surface area contributed by atoms with Crippen molar-refractivity contribution < 1.29 is 9.59 Å². The number of carbonyl (C=O) groups excluding carboxylic acids is 2. The number of anilines is 2. The van der Waals surface area contributed by atoms with E-state index in [0.29, 0.717) is 22.7 Å². The molecular formula is C25H25ClN2O2S. The fourth-order valence-electron chi connectivity index (χ4n) is 3.07. The van der Waals surface area contributed by atoms with Gasteiger partial charge in [0, 0.05) is 26.9 Å². The zero-order valence-corrected chi connectivity index (χ0v) is 19.3. The number of nitrogens with one attached hydrogen (secondary N) is 2. The highest BCUT2D eigenvalue weighted by Crippen LogP contribution is 2.29. The van der Waals surface area contributed by atoms with Crippen molar-refractivity contribution in [2.45, 2.75) is 37.3 Å². The van der Waals surface area contributed by atoms with Crippen LogP contribution >= 0.6 is 23.4 Å². The zero-order valence-electron chi connectivity index (χ0n) is 17.7. The summed E-state index contributed by atoms with van der Waals surface area (Å²) < 4.78 is 0. The first-order valence-corrected chi connectivity index (χ1v) is 11.3. The molecule has 0 aliphatic rings. The number of rotatable bonds is 7. The van der Waals surface area contributed by atoms with Crippen molar-refractivity contribution in [3.05, 3.63) is 88.4 Å². The second-order valence-electron chi connectivity index (χ2n) is 7.24. The molecule has 31 heavy (non-hydrogen) atoms. The summed E-state index contributed by atoms with van der Waals surface area (Å²) in [6, 6.07) is 20.2. The minimum absolute atomic E-state index is 0.0328. The lowest BCUT2D eigenvalue weighted by Crippen LogP contribution is -2.25. The molecule has 0 aliphatic carbocycles. The first-order valence-electron chi connectivity index (χ1n) is 10.1. The maximum Gasteiger partial charge on any atom is 0.255 e. The third-order valence-corrected chi connectivity index (χ3v) is 6.58. The average Bonchev–Trinajstić information content (AvgIpc) is 2.75. The number of hydrogen-bond acceptors (Lipinski definition) is 3. The molecule has 0 fully saturated rings. The van der Waals surface area contributed by atoms with Gasteiger partial charge in [-0.2, -0.15) is 0 Å². The molecule has 0 heterocycles. The zero-order chi connectivity index (χ0) is 22.4. The van der Waals surface area contributed by atoms with Crippen molar-refractivity contribution in [2.75, 3.05) is 10.6 Å². The molecule has 2 amide bonds. The Balaban J connectivity index is 1.69. The maximum absolute atomic E-state index is 12.9. The van der Waals surface area contributed by atoms with Gasteiger partial charge < -0.3 is 10.6 Å². The molecule has 4 nitrogen and oxygen atoms in total. The van der Waals surface area contributed by atoms with E-state index in [1.807, 2.05) is 63.2 Å². The van der Waals surface area contributed by atoms with E-state index in [4.69, 9.17) is 11.6 Å². The molecule has 1 unspecified atom stereocenters. The Bertz CT molecular complexity index is 1100. The number of benzene rings is 3. The molecule has 3 aromatic rings. The van der Waals surface area contributed by atoms with Crippen LogP contribution in [0, 0.1) is 13.8 Å². The van der Waals surface area contributed by atoms with Gasteiger partial charge in [0.1, 0.15) is 0 Å². The van der Waals surface area contributed by atoms with E-state index in [0.717, 1.165) is 21.7 Å². The minimum Gasteiger partial charge on any atom is -0.325 e. The number of amides is 2. The van der Waals surface area contributed by atoms with E-state index < -0.39 is 0 Å². The summed E-state index contributed by atoms with van der Waals surface area (Å²) in [6.45, 7) is 6.02. The molecular weight excluding hydrogens is 428 g/mol. The lowest BCUT2D eigenvalue weighted by molar-refractivity contribution is -0.115. The monoisotopic (exact) mass is 452 g/mol. The van der Waals surface area contributed by atoms with Crippen molar-refractivity contribution in [3.8, 4) is 0 Å². The predicted octanol–water partition coefficient (Wildman–Crippen LogP) is 6.72. The van der Waals surface area contributed by atoms with Crippen LogP contribution in [-0.2, 0) is 4.79 Å². The Morgan fingerprint density at radius 3 is 2.45 bits per heavy atom. The second kappa shape index (κ2) is 10.5. The number of thioether (sulfide) groups is 1. The third-order valence-electron chi connectivity index (χ3n) is 4.98. The van der Waals surface area contributed by atoms with E-state index in [-0.39, 0.29) is 17.1 Å². The van der Waals surface area contributed by atoms with Gasteiger partial charge in [0.05, 0.1) is 5.25 Å². The highest BCUT2D eigenvalue weighted by molar-refractivity contribution is 8.00. The SMILES string of the molecule is CCC(Sc1cccc(NC(=O)c2cccc(Cl)c2)c1)C(=O)Nc1cccc(C)c1C. The number of carbonyl (C=O) groups is 2. The van der Waals surface area contributed by atoms with Gasteiger partial charge in [-0.1, -0.05) is 42.8 Å².